The maximum Gasteiger partial charge on any atom is 0.0552 e. The first-order valence-electron chi connectivity index (χ1n) is 11.0. The van der Waals surface area contributed by atoms with Crippen LogP contribution in [0.1, 0.15) is 0 Å². The van der Waals surface area contributed by atoms with E-state index in [-0.39, 0.29) is 0 Å². The topological polar surface area (TPSA) is 8.17 Å². The van der Waals surface area contributed by atoms with E-state index >= 15 is 0 Å². The van der Waals surface area contributed by atoms with Gasteiger partial charge in [0.15, 0.2) is 0 Å². The highest BCUT2D eigenvalue weighted by atomic mass is 79.9. The van der Waals surface area contributed by atoms with Gasteiger partial charge in [0.05, 0.1) is 11.0 Å². The van der Waals surface area contributed by atoms with Gasteiger partial charge in [-0.25, -0.2) is 0 Å². The fourth-order valence-electron chi connectivity index (χ4n) is 4.63. The van der Waals surface area contributed by atoms with Gasteiger partial charge < -0.3 is 9.47 Å². The molecule has 0 fully saturated rings. The SMILES string of the molecule is Brc1cccc2c1c1ccccc1n2-c1cccc(N(c2ccccc2)c2ccccc2)c1. The highest BCUT2D eigenvalue weighted by Gasteiger charge is 2.16. The molecule has 0 saturated heterocycles. The van der Waals surface area contributed by atoms with Crippen molar-refractivity contribution in [1.82, 2.24) is 4.57 Å². The van der Waals surface area contributed by atoms with Crippen molar-refractivity contribution in [3.63, 3.8) is 0 Å². The Hall–Kier alpha value is -3.82. The second-order valence-corrected chi connectivity index (χ2v) is 8.87. The van der Waals surface area contributed by atoms with Gasteiger partial charge in [-0.1, -0.05) is 82.7 Å². The molecule has 0 atom stereocenters. The molecule has 5 aromatic carbocycles. The molecular formula is C30H21BrN2. The van der Waals surface area contributed by atoms with E-state index in [0.29, 0.717) is 0 Å². The Morgan fingerprint density at radius 2 is 1.09 bits per heavy atom. The number of anilines is 3. The number of hydrogen-bond acceptors (Lipinski definition) is 1. The van der Waals surface area contributed by atoms with Crippen molar-refractivity contribution in [2.45, 2.75) is 0 Å². The Bertz CT molecular complexity index is 1530. The predicted molar refractivity (Wildman–Crippen MR) is 143 cm³/mol. The van der Waals surface area contributed by atoms with Crippen LogP contribution >= 0.6 is 15.9 Å². The van der Waals surface area contributed by atoms with Crippen molar-refractivity contribution in [3.8, 4) is 5.69 Å². The molecule has 33 heavy (non-hydrogen) atoms. The van der Waals surface area contributed by atoms with Gasteiger partial charge in [-0.2, -0.15) is 0 Å². The summed E-state index contributed by atoms with van der Waals surface area (Å²) in [7, 11) is 0. The normalized spacial score (nSPS) is 11.2. The summed E-state index contributed by atoms with van der Waals surface area (Å²) in [5.41, 5.74) is 6.90. The van der Waals surface area contributed by atoms with Crippen molar-refractivity contribution in [3.05, 3.63) is 132 Å². The maximum absolute atomic E-state index is 3.78. The Morgan fingerprint density at radius 3 is 1.82 bits per heavy atom. The van der Waals surface area contributed by atoms with Gasteiger partial charge in [0.2, 0.25) is 0 Å². The second kappa shape index (κ2) is 8.27. The first-order valence-corrected chi connectivity index (χ1v) is 11.8. The van der Waals surface area contributed by atoms with Crippen molar-refractivity contribution in [2.75, 3.05) is 4.90 Å². The van der Waals surface area contributed by atoms with Crippen molar-refractivity contribution in [1.29, 1.82) is 0 Å². The minimum Gasteiger partial charge on any atom is -0.310 e. The zero-order chi connectivity index (χ0) is 22.2. The number of benzene rings is 5. The van der Waals surface area contributed by atoms with Crippen LogP contribution in [0.4, 0.5) is 17.1 Å². The average molecular weight is 489 g/mol. The van der Waals surface area contributed by atoms with Crippen molar-refractivity contribution in [2.24, 2.45) is 0 Å². The molecule has 0 amide bonds. The summed E-state index contributed by atoms with van der Waals surface area (Å²) in [6.07, 6.45) is 0. The molecule has 0 aliphatic carbocycles. The lowest BCUT2D eigenvalue weighted by Crippen LogP contribution is -2.10. The van der Waals surface area contributed by atoms with E-state index in [0.717, 1.165) is 27.2 Å². The average Bonchev–Trinajstić information content (AvgIpc) is 3.21. The monoisotopic (exact) mass is 488 g/mol. The van der Waals surface area contributed by atoms with Crippen LogP contribution in [0, 0.1) is 0 Å². The third-order valence-corrected chi connectivity index (χ3v) is 6.68. The van der Waals surface area contributed by atoms with Gasteiger partial charge in [0.25, 0.3) is 0 Å². The Kier molecular flexibility index (Phi) is 4.97. The van der Waals surface area contributed by atoms with Crippen molar-refractivity contribution >= 4 is 54.8 Å². The Labute approximate surface area is 201 Å². The smallest absolute Gasteiger partial charge is 0.0552 e. The third-order valence-electron chi connectivity index (χ3n) is 6.02. The van der Waals surface area contributed by atoms with E-state index in [2.05, 4.69) is 153 Å². The fraction of sp³-hybridized carbons (Fsp3) is 0. The fourth-order valence-corrected chi connectivity index (χ4v) is 5.20. The quantitative estimate of drug-likeness (QED) is 0.240. The van der Waals surface area contributed by atoms with Gasteiger partial charge in [-0.15, -0.1) is 0 Å². The molecule has 0 unspecified atom stereocenters. The van der Waals surface area contributed by atoms with Gasteiger partial charge >= 0.3 is 0 Å². The summed E-state index contributed by atoms with van der Waals surface area (Å²) in [5.74, 6) is 0. The summed E-state index contributed by atoms with van der Waals surface area (Å²) >= 11 is 3.78. The summed E-state index contributed by atoms with van der Waals surface area (Å²) in [5, 5.41) is 2.48. The van der Waals surface area contributed by atoms with Crippen molar-refractivity contribution < 1.29 is 0 Å². The molecule has 0 spiro atoms. The Balaban J connectivity index is 1.60. The minimum absolute atomic E-state index is 1.11. The number of aromatic nitrogens is 1. The number of para-hydroxylation sites is 3. The lowest BCUT2D eigenvalue weighted by atomic mass is 10.1. The lowest BCUT2D eigenvalue weighted by Gasteiger charge is -2.26. The minimum atomic E-state index is 1.11. The molecule has 0 aliphatic heterocycles. The van der Waals surface area contributed by atoms with Crippen LogP contribution < -0.4 is 4.90 Å². The second-order valence-electron chi connectivity index (χ2n) is 8.01. The largest absolute Gasteiger partial charge is 0.310 e. The standard InChI is InChI=1S/C30H21BrN2/c31-27-18-10-20-29-30(27)26-17-7-8-19-28(26)33(29)25-16-9-15-24(21-25)32(22-11-3-1-4-12-22)23-13-5-2-6-14-23/h1-21H. The lowest BCUT2D eigenvalue weighted by molar-refractivity contribution is 1.17. The van der Waals surface area contributed by atoms with Crippen LogP contribution in [0.5, 0.6) is 0 Å². The first kappa shape index (κ1) is 19.8. The molecule has 158 valence electrons. The highest BCUT2D eigenvalue weighted by molar-refractivity contribution is 9.10. The van der Waals surface area contributed by atoms with Crippen LogP contribution in [0.15, 0.2) is 132 Å². The van der Waals surface area contributed by atoms with Crippen LogP contribution in [-0.2, 0) is 0 Å². The zero-order valence-electron chi connectivity index (χ0n) is 17.9. The third kappa shape index (κ3) is 3.42. The summed E-state index contributed by atoms with van der Waals surface area (Å²) in [6.45, 7) is 0. The molecular weight excluding hydrogens is 468 g/mol. The molecule has 0 N–H and O–H groups in total. The van der Waals surface area contributed by atoms with Crippen LogP contribution in [0.3, 0.4) is 0 Å². The Morgan fingerprint density at radius 1 is 0.515 bits per heavy atom. The molecule has 6 aromatic rings. The predicted octanol–water partition coefficient (Wildman–Crippen LogP) is 9.02. The molecule has 6 rings (SSSR count). The van der Waals surface area contributed by atoms with Gasteiger partial charge in [0, 0.05) is 38.0 Å². The number of hydrogen-bond donors (Lipinski definition) is 0. The van der Waals surface area contributed by atoms with E-state index < -0.39 is 0 Å². The zero-order valence-corrected chi connectivity index (χ0v) is 19.5. The van der Waals surface area contributed by atoms with E-state index in [1.54, 1.807) is 0 Å². The van der Waals surface area contributed by atoms with E-state index in [4.69, 9.17) is 0 Å². The maximum atomic E-state index is 3.78. The number of nitrogens with zero attached hydrogens (tertiary/aromatic N) is 2. The van der Waals surface area contributed by atoms with E-state index in [1.165, 1.54) is 21.8 Å². The number of fused-ring (bicyclic) bond motifs is 3. The van der Waals surface area contributed by atoms with Gasteiger partial charge in [-0.05, 0) is 60.7 Å². The molecule has 1 aromatic heterocycles. The van der Waals surface area contributed by atoms with Crippen LogP contribution in [0.2, 0.25) is 0 Å². The van der Waals surface area contributed by atoms with E-state index in [9.17, 15) is 0 Å². The number of halogens is 1. The summed E-state index contributed by atoms with van der Waals surface area (Å²) in [6, 6.07) is 44.8. The summed E-state index contributed by atoms with van der Waals surface area (Å²) in [4.78, 5) is 2.30. The highest BCUT2D eigenvalue weighted by Crippen LogP contribution is 2.39. The number of rotatable bonds is 4. The summed E-state index contributed by atoms with van der Waals surface area (Å²) < 4.78 is 3.47. The van der Waals surface area contributed by atoms with Crippen LogP contribution in [-0.4, -0.2) is 4.57 Å². The first-order chi connectivity index (χ1) is 16.3. The molecule has 2 nitrogen and oxygen atoms in total. The molecule has 0 aliphatic rings. The molecule has 1 heterocycles. The molecule has 0 saturated carbocycles. The molecule has 0 radical (unpaired) electrons. The molecule has 0 bridgehead atoms. The van der Waals surface area contributed by atoms with Gasteiger partial charge in [-0.3, -0.25) is 0 Å². The van der Waals surface area contributed by atoms with Crippen LogP contribution in [0.25, 0.3) is 27.5 Å². The van der Waals surface area contributed by atoms with Gasteiger partial charge in [0.1, 0.15) is 0 Å². The molecule has 3 heteroatoms. The van der Waals surface area contributed by atoms with E-state index in [1.807, 2.05) is 0 Å².